The minimum absolute atomic E-state index is 0.0515. The zero-order chi connectivity index (χ0) is 15.1. The first-order valence-electron chi connectivity index (χ1n) is 8.03. The number of para-hydroxylation sites is 1. The van der Waals surface area contributed by atoms with Gasteiger partial charge in [0.2, 0.25) is 0 Å². The Morgan fingerprint density at radius 3 is 2.57 bits per heavy atom. The molecular formula is C18H26O3. The van der Waals surface area contributed by atoms with Crippen LogP contribution in [0.5, 0.6) is 5.75 Å². The van der Waals surface area contributed by atoms with E-state index >= 15 is 0 Å². The summed E-state index contributed by atoms with van der Waals surface area (Å²) in [6.07, 6.45) is 6.31. The predicted molar refractivity (Wildman–Crippen MR) is 83.6 cm³/mol. The molecule has 0 atom stereocenters. The molecule has 116 valence electrons. The van der Waals surface area contributed by atoms with Gasteiger partial charge in [0.1, 0.15) is 5.75 Å². The minimum Gasteiger partial charge on any atom is -0.496 e. The van der Waals surface area contributed by atoms with E-state index in [9.17, 15) is 4.79 Å². The minimum atomic E-state index is -0.0515. The summed E-state index contributed by atoms with van der Waals surface area (Å²) in [4.78, 5) is 11.4. The van der Waals surface area contributed by atoms with E-state index in [1.807, 2.05) is 19.1 Å². The van der Waals surface area contributed by atoms with Crippen molar-refractivity contribution in [2.45, 2.75) is 51.4 Å². The number of hydrogen-bond acceptors (Lipinski definition) is 3. The molecular weight excluding hydrogens is 264 g/mol. The molecule has 0 amide bonds. The Hall–Kier alpha value is -1.51. The highest BCUT2D eigenvalue weighted by molar-refractivity contribution is 5.69. The average Bonchev–Trinajstić information content (AvgIpc) is 2.54. The van der Waals surface area contributed by atoms with Gasteiger partial charge in [-0.15, -0.1) is 0 Å². The molecule has 1 saturated carbocycles. The number of hydrogen-bond donors (Lipinski definition) is 0. The van der Waals surface area contributed by atoms with Gasteiger partial charge < -0.3 is 9.47 Å². The largest absolute Gasteiger partial charge is 0.496 e. The Kier molecular flexibility index (Phi) is 6.09. The average molecular weight is 290 g/mol. The molecule has 0 aromatic heterocycles. The molecule has 0 heterocycles. The van der Waals surface area contributed by atoms with Crippen LogP contribution in [0.15, 0.2) is 24.3 Å². The van der Waals surface area contributed by atoms with Crippen molar-refractivity contribution in [2.24, 2.45) is 5.92 Å². The van der Waals surface area contributed by atoms with Crippen molar-refractivity contribution in [3.8, 4) is 5.75 Å². The second kappa shape index (κ2) is 8.06. The maximum atomic E-state index is 11.4. The highest BCUT2D eigenvalue weighted by atomic mass is 16.5. The molecule has 0 spiro atoms. The van der Waals surface area contributed by atoms with E-state index < -0.39 is 0 Å². The van der Waals surface area contributed by atoms with Gasteiger partial charge in [-0.25, -0.2) is 0 Å². The molecule has 0 radical (unpaired) electrons. The van der Waals surface area contributed by atoms with Gasteiger partial charge in [0.05, 0.1) is 13.7 Å². The first-order valence-corrected chi connectivity index (χ1v) is 8.03. The van der Waals surface area contributed by atoms with Gasteiger partial charge in [0.15, 0.2) is 0 Å². The molecule has 1 aromatic carbocycles. The van der Waals surface area contributed by atoms with Gasteiger partial charge in [-0.05, 0) is 62.5 Å². The number of ether oxygens (including phenoxy) is 2. The lowest BCUT2D eigenvalue weighted by molar-refractivity contribution is -0.143. The van der Waals surface area contributed by atoms with Gasteiger partial charge in [-0.1, -0.05) is 18.2 Å². The Balaban J connectivity index is 1.81. The molecule has 1 fully saturated rings. The Bertz CT molecular complexity index is 448. The normalized spacial score (nSPS) is 21.8. The fraction of sp³-hybridized carbons (Fsp3) is 0.611. The van der Waals surface area contributed by atoms with Gasteiger partial charge >= 0.3 is 5.97 Å². The van der Waals surface area contributed by atoms with Crippen molar-refractivity contribution in [1.82, 2.24) is 0 Å². The van der Waals surface area contributed by atoms with Crippen LogP contribution in [-0.4, -0.2) is 19.7 Å². The summed E-state index contributed by atoms with van der Waals surface area (Å²) in [6, 6.07) is 8.34. The standard InChI is InChI=1S/C18H26O3/c1-3-21-18(19)13-10-14-8-11-15(12-9-14)16-6-4-5-7-17(16)20-2/h4-7,14-15H,3,8-13H2,1-2H3. The van der Waals surface area contributed by atoms with E-state index in [2.05, 4.69) is 12.1 Å². The molecule has 3 heteroatoms. The van der Waals surface area contributed by atoms with Gasteiger partial charge in [-0.3, -0.25) is 4.79 Å². The van der Waals surface area contributed by atoms with E-state index in [0.29, 0.717) is 24.9 Å². The summed E-state index contributed by atoms with van der Waals surface area (Å²) in [5.41, 5.74) is 1.34. The fourth-order valence-corrected chi connectivity index (χ4v) is 3.32. The topological polar surface area (TPSA) is 35.5 Å². The summed E-state index contributed by atoms with van der Waals surface area (Å²) in [5.74, 6) is 2.22. The van der Waals surface area contributed by atoms with Crippen LogP contribution in [0.25, 0.3) is 0 Å². The van der Waals surface area contributed by atoms with Crippen molar-refractivity contribution < 1.29 is 14.3 Å². The maximum absolute atomic E-state index is 11.4. The lowest BCUT2D eigenvalue weighted by Gasteiger charge is -2.29. The monoisotopic (exact) mass is 290 g/mol. The van der Waals surface area contributed by atoms with E-state index in [1.165, 1.54) is 31.2 Å². The molecule has 1 aromatic rings. The third kappa shape index (κ3) is 4.48. The number of carbonyl (C=O) groups excluding carboxylic acids is 1. The Labute approximate surface area is 127 Å². The number of carbonyl (C=O) groups is 1. The fourth-order valence-electron chi connectivity index (χ4n) is 3.32. The van der Waals surface area contributed by atoms with Crippen molar-refractivity contribution in [1.29, 1.82) is 0 Å². The van der Waals surface area contributed by atoms with Crippen LogP contribution in [0.1, 0.15) is 56.9 Å². The first kappa shape index (κ1) is 15.9. The zero-order valence-corrected chi connectivity index (χ0v) is 13.1. The van der Waals surface area contributed by atoms with Crippen molar-refractivity contribution >= 4 is 5.97 Å². The molecule has 2 rings (SSSR count). The Morgan fingerprint density at radius 1 is 1.19 bits per heavy atom. The SMILES string of the molecule is CCOC(=O)CCC1CCC(c2ccccc2OC)CC1. The van der Waals surface area contributed by atoms with E-state index in [-0.39, 0.29) is 5.97 Å². The van der Waals surface area contributed by atoms with Gasteiger partial charge in [0.25, 0.3) is 0 Å². The summed E-state index contributed by atoms with van der Waals surface area (Å²) < 4.78 is 10.5. The van der Waals surface area contributed by atoms with Crippen LogP contribution in [0.4, 0.5) is 0 Å². The van der Waals surface area contributed by atoms with Gasteiger partial charge in [-0.2, -0.15) is 0 Å². The molecule has 0 N–H and O–H groups in total. The smallest absolute Gasteiger partial charge is 0.305 e. The van der Waals surface area contributed by atoms with Crippen molar-refractivity contribution in [3.63, 3.8) is 0 Å². The Morgan fingerprint density at radius 2 is 1.90 bits per heavy atom. The third-order valence-corrected chi connectivity index (χ3v) is 4.49. The van der Waals surface area contributed by atoms with E-state index in [4.69, 9.17) is 9.47 Å². The van der Waals surface area contributed by atoms with E-state index in [1.54, 1.807) is 7.11 Å². The summed E-state index contributed by atoms with van der Waals surface area (Å²) in [7, 11) is 1.74. The van der Waals surface area contributed by atoms with Crippen LogP contribution in [-0.2, 0) is 9.53 Å². The van der Waals surface area contributed by atoms with Crippen LogP contribution >= 0.6 is 0 Å². The molecule has 3 nitrogen and oxygen atoms in total. The second-order valence-corrected chi connectivity index (χ2v) is 5.80. The molecule has 0 unspecified atom stereocenters. The second-order valence-electron chi connectivity index (χ2n) is 5.80. The lowest BCUT2D eigenvalue weighted by atomic mass is 9.77. The maximum Gasteiger partial charge on any atom is 0.305 e. The highest BCUT2D eigenvalue weighted by Crippen LogP contribution is 2.40. The summed E-state index contributed by atoms with van der Waals surface area (Å²) in [6.45, 7) is 2.34. The zero-order valence-electron chi connectivity index (χ0n) is 13.1. The van der Waals surface area contributed by atoms with Crippen molar-refractivity contribution in [2.75, 3.05) is 13.7 Å². The first-order chi connectivity index (χ1) is 10.2. The molecule has 0 saturated heterocycles. The molecule has 21 heavy (non-hydrogen) atoms. The summed E-state index contributed by atoms with van der Waals surface area (Å²) >= 11 is 0. The molecule has 1 aliphatic rings. The number of benzene rings is 1. The number of esters is 1. The molecule has 1 aliphatic carbocycles. The molecule has 0 aliphatic heterocycles. The van der Waals surface area contributed by atoms with Crippen LogP contribution in [0, 0.1) is 5.92 Å². The third-order valence-electron chi connectivity index (χ3n) is 4.49. The highest BCUT2D eigenvalue weighted by Gasteiger charge is 2.24. The number of methoxy groups -OCH3 is 1. The van der Waals surface area contributed by atoms with Crippen LogP contribution in [0.3, 0.4) is 0 Å². The summed E-state index contributed by atoms with van der Waals surface area (Å²) in [5, 5.41) is 0. The quantitative estimate of drug-likeness (QED) is 0.732. The molecule has 0 bridgehead atoms. The van der Waals surface area contributed by atoms with Crippen molar-refractivity contribution in [3.05, 3.63) is 29.8 Å². The van der Waals surface area contributed by atoms with Crippen LogP contribution in [0.2, 0.25) is 0 Å². The lowest BCUT2D eigenvalue weighted by Crippen LogP contribution is -2.15. The van der Waals surface area contributed by atoms with E-state index in [0.717, 1.165) is 12.2 Å². The van der Waals surface area contributed by atoms with Crippen LogP contribution < -0.4 is 4.74 Å². The van der Waals surface area contributed by atoms with Gasteiger partial charge in [0, 0.05) is 6.42 Å². The predicted octanol–water partition coefficient (Wildman–Crippen LogP) is 4.31. The number of rotatable bonds is 6.